The van der Waals surface area contributed by atoms with Crippen LogP contribution in [-0.4, -0.2) is 20.8 Å². The molecule has 110 valence electrons. The minimum atomic E-state index is -1.21. The Bertz CT molecular complexity index is 635. The van der Waals surface area contributed by atoms with E-state index in [0.29, 0.717) is 22.6 Å². The van der Waals surface area contributed by atoms with Gasteiger partial charge in [-0.2, -0.15) is 0 Å². The van der Waals surface area contributed by atoms with E-state index in [-0.39, 0.29) is 0 Å². The molecule has 3 rings (SSSR count). The molecule has 0 saturated carbocycles. The molecular weight excluding hydrogens is 269 g/mol. The molecule has 2 aromatic carbocycles. The monoisotopic (exact) mass is 287 g/mol. The lowest BCUT2D eigenvalue weighted by molar-refractivity contribution is 0.378. The summed E-state index contributed by atoms with van der Waals surface area (Å²) >= 11 is 0. The molecular formula is C17H18FNO2. The van der Waals surface area contributed by atoms with Crippen LogP contribution in [0.1, 0.15) is 22.9 Å². The van der Waals surface area contributed by atoms with Crippen molar-refractivity contribution in [2.24, 2.45) is 0 Å². The maximum Gasteiger partial charge on any atom is 0.153 e. The van der Waals surface area contributed by atoms with Gasteiger partial charge in [-0.3, -0.25) is 0 Å². The molecule has 1 N–H and O–H groups in total. The fourth-order valence-corrected chi connectivity index (χ4v) is 2.73. The normalized spacial score (nSPS) is 14.2. The molecule has 0 aliphatic carbocycles. The van der Waals surface area contributed by atoms with Crippen LogP contribution in [0.4, 0.5) is 10.1 Å². The average Bonchev–Trinajstić information content (AvgIpc) is 3.02. The van der Waals surface area contributed by atoms with Gasteiger partial charge in [0, 0.05) is 23.9 Å². The summed E-state index contributed by atoms with van der Waals surface area (Å²) < 4.78 is 25.4. The number of fused-ring (bicyclic) bond motifs is 1. The van der Waals surface area contributed by atoms with Crippen molar-refractivity contribution < 1.29 is 13.9 Å². The van der Waals surface area contributed by atoms with Gasteiger partial charge < -0.3 is 14.8 Å². The van der Waals surface area contributed by atoms with Gasteiger partial charge in [0.25, 0.3) is 0 Å². The van der Waals surface area contributed by atoms with Crippen LogP contribution in [0.15, 0.2) is 36.4 Å². The number of anilines is 1. The summed E-state index contributed by atoms with van der Waals surface area (Å²) in [5, 5.41) is 3.27. The van der Waals surface area contributed by atoms with E-state index in [9.17, 15) is 0 Å². The molecule has 3 nitrogen and oxygen atoms in total. The smallest absolute Gasteiger partial charge is 0.153 e. The fourth-order valence-electron chi connectivity index (χ4n) is 2.73. The van der Waals surface area contributed by atoms with Crippen LogP contribution in [0.3, 0.4) is 0 Å². The number of hydrogen-bond donors (Lipinski definition) is 1. The molecule has 0 spiro atoms. The van der Waals surface area contributed by atoms with E-state index in [2.05, 4.69) is 5.32 Å². The van der Waals surface area contributed by atoms with E-state index in [1.807, 2.05) is 18.2 Å². The summed E-state index contributed by atoms with van der Waals surface area (Å²) in [6.45, 7) is 0.862. The van der Waals surface area contributed by atoms with Gasteiger partial charge in [0.2, 0.25) is 0 Å². The lowest BCUT2D eigenvalue weighted by atomic mass is 9.98. The number of hydrogen-bond acceptors (Lipinski definition) is 3. The highest BCUT2D eigenvalue weighted by Gasteiger charge is 2.22. The third kappa shape index (κ3) is 2.53. The highest BCUT2D eigenvalue weighted by Crippen LogP contribution is 2.38. The zero-order chi connectivity index (χ0) is 14.8. The second-order valence-electron chi connectivity index (χ2n) is 5.07. The van der Waals surface area contributed by atoms with Crippen LogP contribution in [0, 0.1) is 0 Å². The van der Waals surface area contributed by atoms with Gasteiger partial charge in [0.1, 0.15) is 11.5 Å². The zero-order valence-corrected chi connectivity index (χ0v) is 12.2. The summed E-state index contributed by atoms with van der Waals surface area (Å²) in [7, 11) is 3.13. The topological polar surface area (TPSA) is 30.5 Å². The minimum absolute atomic E-state index is 0.535. The minimum Gasteiger partial charge on any atom is -0.497 e. The number of halogens is 1. The maximum atomic E-state index is 15.0. The molecule has 0 bridgehead atoms. The first-order chi connectivity index (χ1) is 10.2. The summed E-state index contributed by atoms with van der Waals surface area (Å²) in [6.07, 6.45) is -0.272. The largest absolute Gasteiger partial charge is 0.497 e. The molecule has 1 heterocycles. The molecule has 0 saturated heterocycles. The Kier molecular flexibility index (Phi) is 3.69. The zero-order valence-electron chi connectivity index (χ0n) is 12.2. The van der Waals surface area contributed by atoms with Gasteiger partial charge in [0.05, 0.1) is 14.2 Å². The third-order valence-corrected chi connectivity index (χ3v) is 3.82. The Labute approximate surface area is 123 Å². The molecule has 0 radical (unpaired) electrons. The van der Waals surface area contributed by atoms with E-state index in [1.165, 1.54) is 5.56 Å². The van der Waals surface area contributed by atoms with E-state index >= 15 is 4.39 Å². The van der Waals surface area contributed by atoms with Crippen molar-refractivity contribution in [1.29, 1.82) is 0 Å². The van der Waals surface area contributed by atoms with Crippen LogP contribution >= 0.6 is 0 Å². The summed E-state index contributed by atoms with van der Waals surface area (Å²) in [5.41, 5.74) is 3.30. The quantitative estimate of drug-likeness (QED) is 0.929. The Morgan fingerprint density at radius 1 is 1.10 bits per heavy atom. The first-order valence-electron chi connectivity index (χ1n) is 6.95. The first-order valence-corrected chi connectivity index (χ1v) is 6.95. The van der Waals surface area contributed by atoms with E-state index in [4.69, 9.17) is 9.47 Å². The van der Waals surface area contributed by atoms with Gasteiger partial charge in [-0.25, -0.2) is 4.39 Å². The number of methoxy groups -OCH3 is 2. The number of benzene rings is 2. The van der Waals surface area contributed by atoms with E-state index in [1.54, 1.807) is 32.4 Å². The molecule has 0 amide bonds. The average molecular weight is 287 g/mol. The van der Waals surface area contributed by atoms with E-state index in [0.717, 1.165) is 18.7 Å². The molecule has 1 atom stereocenters. The van der Waals surface area contributed by atoms with Crippen molar-refractivity contribution in [3.63, 3.8) is 0 Å². The number of rotatable bonds is 4. The number of nitrogens with one attached hydrogen (secondary N) is 1. The summed E-state index contributed by atoms with van der Waals surface area (Å²) in [4.78, 5) is 0. The summed E-state index contributed by atoms with van der Waals surface area (Å²) in [6, 6.07) is 10.9. The van der Waals surface area contributed by atoms with Crippen LogP contribution in [0.5, 0.6) is 11.5 Å². The Morgan fingerprint density at radius 2 is 1.81 bits per heavy atom. The summed E-state index contributed by atoms with van der Waals surface area (Å²) in [5.74, 6) is 1.18. The highest BCUT2D eigenvalue weighted by molar-refractivity contribution is 5.63. The molecule has 0 fully saturated rings. The first kappa shape index (κ1) is 13.7. The van der Waals surface area contributed by atoms with Crippen LogP contribution in [-0.2, 0) is 6.42 Å². The molecule has 4 heteroatoms. The second kappa shape index (κ2) is 5.64. The predicted molar refractivity (Wildman–Crippen MR) is 81.1 cm³/mol. The van der Waals surface area contributed by atoms with Gasteiger partial charge in [0.15, 0.2) is 6.17 Å². The Hall–Kier alpha value is -2.23. The third-order valence-electron chi connectivity index (χ3n) is 3.82. The second-order valence-corrected chi connectivity index (χ2v) is 5.07. The van der Waals surface area contributed by atoms with Crippen LogP contribution < -0.4 is 14.8 Å². The fraction of sp³-hybridized carbons (Fsp3) is 0.294. The van der Waals surface area contributed by atoms with Crippen molar-refractivity contribution in [2.45, 2.75) is 12.6 Å². The Balaban J connectivity index is 2.02. The van der Waals surface area contributed by atoms with Crippen molar-refractivity contribution >= 4 is 5.69 Å². The van der Waals surface area contributed by atoms with Gasteiger partial charge >= 0.3 is 0 Å². The van der Waals surface area contributed by atoms with Crippen molar-refractivity contribution in [3.8, 4) is 11.5 Å². The standard InChI is InChI=1S/C17H18FNO2/c1-20-13-8-12(9-14(10-13)21-2)16(18)15-5-3-4-11-6-7-19-17(11)15/h3-5,8-10,16,19H,6-7H2,1-2H3. The van der Waals surface area contributed by atoms with E-state index < -0.39 is 6.17 Å². The SMILES string of the molecule is COc1cc(OC)cc(C(F)c2cccc3c2NCC3)c1. The van der Waals surface area contributed by atoms with Crippen molar-refractivity contribution in [2.75, 3.05) is 26.1 Å². The molecule has 1 aliphatic heterocycles. The van der Waals surface area contributed by atoms with Crippen LogP contribution in [0.25, 0.3) is 0 Å². The van der Waals surface area contributed by atoms with Gasteiger partial charge in [-0.1, -0.05) is 18.2 Å². The molecule has 1 aliphatic rings. The predicted octanol–water partition coefficient (Wildman–Crippen LogP) is 3.73. The highest BCUT2D eigenvalue weighted by atomic mass is 19.1. The lowest BCUT2D eigenvalue weighted by Gasteiger charge is -2.15. The lowest BCUT2D eigenvalue weighted by Crippen LogP contribution is -2.01. The number of para-hydroxylation sites is 1. The molecule has 21 heavy (non-hydrogen) atoms. The molecule has 2 aromatic rings. The number of ether oxygens (including phenoxy) is 2. The molecule has 0 aromatic heterocycles. The van der Waals surface area contributed by atoms with Gasteiger partial charge in [-0.15, -0.1) is 0 Å². The Morgan fingerprint density at radius 3 is 2.48 bits per heavy atom. The van der Waals surface area contributed by atoms with Crippen molar-refractivity contribution in [1.82, 2.24) is 0 Å². The van der Waals surface area contributed by atoms with Crippen LogP contribution in [0.2, 0.25) is 0 Å². The maximum absolute atomic E-state index is 15.0. The van der Waals surface area contributed by atoms with Crippen molar-refractivity contribution in [3.05, 3.63) is 53.1 Å². The number of alkyl halides is 1. The van der Waals surface area contributed by atoms with Gasteiger partial charge in [-0.05, 0) is 29.7 Å². The molecule has 1 unspecified atom stereocenters.